The van der Waals surface area contributed by atoms with Crippen molar-refractivity contribution in [3.05, 3.63) is 0 Å². The van der Waals surface area contributed by atoms with E-state index in [1.165, 1.54) is 0 Å². The summed E-state index contributed by atoms with van der Waals surface area (Å²) in [5.41, 5.74) is 0. The maximum Gasteiger partial charge on any atom is 0.407 e. The van der Waals surface area contributed by atoms with Crippen molar-refractivity contribution >= 4 is 6.09 Å². The molecule has 2 rings (SSSR count). The van der Waals surface area contributed by atoms with Gasteiger partial charge in [0.2, 0.25) is 0 Å². The number of ether oxygens (including phenoxy) is 1. The Morgan fingerprint density at radius 2 is 2.25 bits per heavy atom. The molecule has 1 saturated heterocycles. The van der Waals surface area contributed by atoms with Crippen LogP contribution in [0.5, 0.6) is 0 Å². The van der Waals surface area contributed by atoms with E-state index in [0.717, 1.165) is 32.4 Å². The van der Waals surface area contributed by atoms with E-state index < -0.39 is 0 Å². The summed E-state index contributed by atoms with van der Waals surface area (Å²) < 4.78 is 5.05. The second-order valence-electron chi connectivity index (χ2n) is 3.44. The Balaban J connectivity index is 1.66. The first kappa shape index (κ1) is 7.86. The average molecular weight is 170 g/mol. The molecule has 1 unspecified atom stereocenters. The van der Waals surface area contributed by atoms with E-state index in [4.69, 9.17) is 4.74 Å². The van der Waals surface area contributed by atoms with E-state index in [1.54, 1.807) is 0 Å². The van der Waals surface area contributed by atoms with Gasteiger partial charge in [0.05, 0.1) is 0 Å². The number of amides is 1. The first-order valence-electron chi connectivity index (χ1n) is 4.52. The highest BCUT2D eigenvalue weighted by molar-refractivity contribution is 5.68. The van der Waals surface area contributed by atoms with Crippen molar-refractivity contribution in [2.75, 3.05) is 13.1 Å². The maximum atomic E-state index is 11.1. The van der Waals surface area contributed by atoms with Crippen LogP contribution in [0.2, 0.25) is 0 Å². The van der Waals surface area contributed by atoms with Crippen LogP contribution in [-0.4, -0.2) is 31.3 Å². The van der Waals surface area contributed by atoms with Gasteiger partial charge in [-0.1, -0.05) is 0 Å². The summed E-state index contributed by atoms with van der Waals surface area (Å²) in [6, 6.07) is 0.274. The molecule has 0 radical (unpaired) electrons. The highest BCUT2D eigenvalue weighted by Crippen LogP contribution is 2.23. The van der Waals surface area contributed by atoms with Gasteiger partial charge in [-0.25, -0.2) is 4.79 Å². The highest BCUT2D eigenvalue weighted by atomic mass is 16.6. The van der Waals surface area contributed by atoms with Gasteiger partial charge < -0.3 is 15.4 Å². The standard InChI is InChI=1S/C8H14N2O2/c11-8(12-7-1-2-7)10-6-3-4-9-5-6/h6-7,9H,1-5H2,(H,10,11). The summed E-state index contributed by atoms with van der Waals surface area (Å²) in [5.74, 6) is 0. The van der Waals surface area contributed by atoms with Gasteiger partial charge in [-0.3, -0.25) is 0 Å². The molecule has 4 nitrogen and oxygen atoms in total. The van der Waals surface area contributed by atoms with E-state index in [9.17, 15) is 4.79 Å². The number of alkyl carbamates (subject to hydrolysis) is 1. The average Bonchev–Trinajstić information content (AvgIpc) is 2.66. The minimum Gasteiger partial charge on any atom is -0.446 e. The molecular weight excluding hydrogens is 156 g/mol. The molecule has 2 N–H and O–H groups in total. The summed E-state index contributed by atoms with van der Waals surface area (Å²) >= 11 is 0. The van der Waals surface area contributed by atoms with E-state index in [1.807, 2.05) is 0 Å². The van der Waals surface area contributed by atoms with E-state index in [-0.39, 0.29) is 18.2 Å². The van der Waals surface area contributed by atoms with Gasteiger partial charge in [0.25, 0.3) is 0 Å². The predicted molar refractivity (Wildman–Crippen MR) is 43.9 cm³/mol. The van der Waals surface area contributed by atoms with Crippen molar-refractivity contribution < 1.29 is 9.53 Å². The zero-order chi connectivity index (χ0) is 8.39. The molecule has 1 heterocycles. The van der Waals surface area contributed by atoms with Crippen molar-refractivity contribution in [3.63, 3.8) is 0 Å². The molecule has 1 aliphatic carbocycles. The Kier molecular flexibility index (Phi) is 2.17. The van der Waals surface area contributed by atoms with Gasteiger partial charge in [0.1, 0.15) is 6.10 Å². The second-order valence-corrected chi connectivity index (χ2v) is 3.44. The van der Waals surface area contributed by atoms with Crippen LogP contribution in [0.15, 0.2) is 0 Å². The minimum atomic E-state index is -0.244. The fourth-order valence-corrected chi connectivity index (χ4v) is 1.32. The number of rotatable bonds is 2. The Bertz CT molecular complexity index is 174. The number of carbonyl (C=O) groups is 1. The molecule has 68 valence electrons. The van der Waals surface area contributed by atoms with E-state index in [0.29, 0.717) is 0 Å². The number of carbonyl (C=O) groups excluding carboxylic acids is 1. The number of hydrogen-bond acceptors (Lipinski definition) is 3. The molecule has 1 aliphatic heterocycles. The van der Waals surface area contributed by atoms with Gasteiger partial charge in [0.15, 0.2) is 0 Å². The molecule has 0 aromatic rings. The first-order valence-corrected chi connectivity index (χ1v) is 4.52. The summed E-state index contributed by atoms with van der Waals surface area (Å²) in [6.45, 7) is 1.87. The molecule has 1 saturated carbocycles. The lowest BCUT2D eigenvalue weighted by atomic mass is 10.3. The quantitative estimate of drug-likeness (QED) is 0.624. The third-order valence-electron chi connectivity index (χ3n) is 2.18. The van der Waals surface area contributed by atoms with Crippen molar-refractivity contribution in [1.29, 1.82) is 0 Å². The monoisotopic (exact) mass is 170 g/mol. The van der Waals surface area contributed by atoms with Gasteiger partial charge in [-0.05, 0) is 25.8 Å². The fourth-order valence-electron chi connectivity index (χ4n) is 1.32. The summed E-state index contributed by atoms with van der Waals surface area (Å²) in [5, 5.41) is 6.00. The summed E-state index contributed by atoms with van der Waals surface area (Å²) in [4.78, 5) is 11.1. The molecule has 0 aromatic heterocycles. The largest absolute Gasteiger partial charge is 0.446 e. The van der Waals surface area contributed by atoms with E-state index >= 15 is 0 Å². The second kappa shape index (κ2) is 3.31. The first-order chi connectivity index (χ1) is 5.84. The molecule has 2 fully saturated rings. The van der Waals surface area contributed by atoms with Crippen LogP contribution in [0, 0.1) is 0 Å². The van der Waals surface area contributed by atoms with Crippen LogP contribution in [0.3, 0.4) is 0 Å². The van der Waals surface area contributed by atoms with Gasteiger partial charge in [-0.15, -0.1) is 0 Å². The van der Waals surface area contributed by atoms with Crippen LogP contribution in [0.4, 0.5) is 4.79 Å². The molecule has 0 bridgehead atoms. The predicted octanol–water partition coefficient (Wildman–Crippen LogP) is 0.237. The number of hydrogen-bond donors (Lipinski definition) is 2. The Morgan fingerprint density at radius 3 is 2.83 bits per heavy atom. The minimum absolute atomic E-state index is 0.208. The molecule has 2 aliphatic rings. The Hall–Kier alpha value is -0.770. The summed E-state index contributed by atoms with van der Waals surface area (Å²) in [7, 11) is 0. The molecule has 0 spiro atoms. The van der Waals surface area contributed by atoms with Gasteiger partial charge in [0, 0.05) is 12.6 Å². The van der Waals surface area contributed by atoms with Gasteiger partial charge in [-0.2, -0.15) is 0 Å². The zero-order valence-corrected chi connectivity index (χ0v) is 7.01. The summed E-state index contributed by atoms with van der Waals surface area (Å²) in [6.07, 6.45) is 3.05. The van der Waals surface area contributed by atoms with Crippen molar-refractivity contribution in [3.8, 4) is 0 Å². The van der Waals surface area contributed by atoms with Crippen LogP contribution in [0.25, 0.3) is 0 Å². The Labute approximate surface area is 71.7 Å². The lowest BCUT2D eigenvalue weighted by Gasteiger charge is -2.10. The topological polar surface area (TPSA) is 50.4 Å². The van der Waals surface area contributed by atoms with Crippen molar-refractivity contribution in [2.24, 2.45) is 0 Å². The normalized spacial score (nSPS) is 28.5. The smallest absolute Gasteiger partial charge is 0.407 e. The number of nitrogens with one attached hydrogen (secondary N) is 2. The van der Waals surface area contributed by atoms with Gasteiger partial charge >= 0.3 is 6.09 Å². The van der Waals surface area contributed by atoms with Crippen molar-refractivity contribution in [2.45, 2.75) is 31.4 Å². The maximum absolute atomic E-state index is 11.1. The lowest BCUT2D eigenvalue weighted by Crippen LogP contribution is -2.36. The molecule has 0 aromatic carbocycles. The van der Waals surface area contributed by atoms with E-state index in [2.05, 4.69) is 10.6 Å². The molecule has 1 amide bonds. The van der Waals surface area contributed by atoms with Crippen molar-refractivity contribution in [1.82, 2.24) is 10.6 Å². The van der Waals surface area contributed by atoms with Crippen LogP contribution >= 0.6 is 0 Å². The Morgan fingerprint density at radius 1 is 1.42 bits per heavy atom. The fraction of sp³-hybridized carbons (Fsp3) is 0.875. The third kappa shape index (κ3) is 2.11. The SMILES string of the molecule is O=C(NC1CCNC1)OC1CC1. The highest BCUT2D eigenvalue weighted by Gasteiger charge is 2.27. The van der Waals surface area contributed by atoms with Crippen LogP contribution < -0.4 is 10.6 Å². The zero-order valence-electron chi connectivity index (χ0n) is 7.01. The third-order valence-corrected chi connectivity index (χ3v) is 2.18. The van der Waals surface area contributed by atoms with Crippen LogP contribution in [0.1, 0.15) is 19.3 Å². The molecule has 12 heavy (non-hydrogen) atoms. The van der Waals surface area contributed by atoms with Crippen LogP contribution in [-0.2, 0) is 4.74 Å². The lowest BCUT2D eigenvalue weighted by molar-refractivity contribution is 0.136. The molecule has 1 atom stereocenters. The molecular formula is C8H14N2O2. The molecule has 4 heteroatoms.